The molecule has 0 bridgehead atoms. The molecule has 0 heterocycles. The van der Waals surface area contributed by atoms with Gasteiger partial charge in [-0.15, -0.1) is 0 Å². The molecule has 0 fully saturated rings. The fraction of sp³-hybridized carbons (Fsp3) is 0.222. The van der Waals surface area contributed by atoms with Gasteiger partial charge in [-0.05, 0) is 0 Å². The SMILES string of the molecule is C[CH-]C.O[B]c1cc[c-]cc1.[HH].[HH].[U+2]. The molecule has 1 nitrogen and oxygen atoms in total. The zero-order chi connectivity index (χ0) is 8.53. The van der Waals surface area contributed by atoms with Crippen LogP contribution in [0.1, 0.15) is 16.7 Å². The first-order chi connectivity index (χ1) is 5.35. The van der Waals surface area contributed by atoms with Crippen molar-refractivity contribution in [1.29, 1.82) is 0 Å². The maximum Gasteiger partial charge on any atom is 2.00 e. The zero-order valence-electron chi connectivity index (χ0n) is 7.41. The Morgan fingerprint density at radius 3 is 2.08 bits per heavy atom. The van der Waals surface area contributed by atoms with Gasteiger partial charge in [0, 0.05) is 2.85 Å². The van der Waals surface area contributed by atoms with E-state index in [1.165, 1.54) is 0 Å². The number of hydrogen-bond donors (Lipinski definition) is 1. The van der Waals surface area contributed by atoms with Crippen LogP contribution in [0.5, 0.6) is 0 Å². The third-order valence-electron chi connectivity index (χ3n) is 0.893. The van der Waals surface area contributed by atoms with Crippen LogP contribution in [0.15, 0.2) is 24.3 Å². The van der Waals surface area contributed by atoms with Crippen molar-refractivity contribution in [2.24, 2.45) is 0 Å². The Morgan fingerprint density at radius 2 is 1.83 bits per heavy atom. The van der Waals surface area contributed by atoms with E-state index in [2.05, 4.69) is 6.07 Å². The van der Waals surface area contributed by atoms with Crippen molar-refractivity contribution in [3.05, 3.63) is 36.8 Å². The van der Waals surface area contributed by atoms with Crippen LogP contribution in [0, 0.1) is 43.6 Å². The molecule has 1 radical (unpaired) electrons. The first-order valence-corrected chi connectivity index (χ1v) is 3.52. The summed E-state index contributed by atoms with van der Waals surface area (Å²) in [4.78, 5) is 0. The molecule has 1 rings (SSSR count). The van der Waals surface area contributed by atoms with Crippen LogP contribution < -0.4 is 5.46 Å². The van der Waals surface area contributed by atoms with E-state index in [4.69, 9.17) is 5.02 Å². The summed E-state index contributed by atoms with van der Waals surface area (Å²) in [5.41, 5.74) is 0.809. The molecule has 1 aromatic carbocycles. The second-order valence-corrected chi connectivity index (χ2v) is 2.04. The van der Waals surface area contributed by atoms with Gasteiger partial charge >= 0.3 is 31.1 Å². The third kappa shape index (κ3) is 8.39. The molecule has 0 spiro atoms. The van der Waals surface area contributed by atoms with Crippen LogP contribution >= 0.6 is 0 Å². The van der Waals surface area contributed by atoms with Gasteiger partial charge < -0.3 is 11.4 Å². The largest absolute Gasteiger partial charge is 2.00 e. The number of hydrogen-bond acceptors (Lipinski definition) is 1. The smallest absolute Gasteiger partial charge is 0.451 e. The van der Waals surface area contributed by atoms with Crippen molar-refractivity contribution in [3.63, 3.8) is 0 Å². The number of rotatable bonds is 1. The molecule has 0 unspecified atom stereocenters. The first kappa shape index (κ1) is 14.8. The standard InChI is InChI=1S/C6H5BO.C3H7.U.2H2/c8-7-6-4-2-1-3-5-6;1-3-2;;;/h2-5,8H;3H,1-2H3;;2*1H/q2*-1;+2;;. The normalized spacial score (nSPS) is 7.25. The van der Waals surface area contributed by atoms with Crippen LogP contribution in [0.3, 0.4) is 0 Å². The predicted octanol–water partition coefficient (Wildman–Crippen LogP) is 1.45. The Balaban J connectivity index is -0.0000000758. The molecule has 0 aliphatic heterocycles. The molecular weight excluding hydrogens is 373 g/mol. The van der Waals surface area contributed by atoms with Gasteiger partial charge in [0.2, 0.25) is 0 Å². The van der Waals surface area contributed by atoms with E-state index in [9.17, 15) is 0 Å². The average Bonchev–Trinajstić information content (AvgIpc) is 2.08. The number of benzene rings is 1. The second kappa shape index (κ2) is 11.3. The van der Waals surface area contributed by atoms with Gasteiger partial charge in [-0.3, -0.25) is 0 Å². The van der Waals surface area contributed by atoms with E-state index in [0.717, 1.165) is 12.9 Å². The molecule has 0 aromatic heterocycles. The van der Waals surface area contributed by atoms with Gasteiger partial charge in [0.1, 0.15) is 0 Å². The van der Waals surface area contributed by atoms with Crippen LogP contribution in [0.4, 0.5) is 0 Å². The molecular formula is C9H16BOU. The van der Waals surface area contributed by atoms with Crippen LogP contribution in [-0.4, -0.2) is 12.5 Å². The quantitative estimate of drug-likeness (QED) is 0.570. The average molecular weight is 389 g/mol. The minimum absolute atomic E-state index is 0. The Bertz CT molecular complexity index is 176. The van der Waals surface area contributed by atoms with E-state index >= 15 is 0 Å². The fourth-order valence-corrected chi connectivity index (χ4v) is 0.486. The summed E-state index contributed by atoms with van der Waals surface area (Å²) in [6.45, 7) is 4.00. The Labute approximate surface area is 102 Å². The topological polar surface area (TPSA) is 20.2 Å². The monoisotopic (exact) mass is 389 g/mol. The summed E-state index contributed by atoms with van der Waals surface area (Å²) in [5, 5.41) is 8.40. The second-order valence-electron chi connectivity index (χ2n) is 2.04. The van der Waals surface area contributed by atoms with Crippen molar-refractivity contribution in [3.8, 4) is 0 Å². The summed E-state index contributed by atoms with van der Waals surface area (Å²) in [5.74, 6) is 0. The van der Waals surface area contributed by atoms with Crippen LogP contribution in [0.2, 0.25) is 0 Å². The molecule has 0 saturated heterocycles. The Hall–Kier alpha value is 0.297. The molecule has 0 aliphatic rings. The molecule has 0 amide bonds. The summed E-state index contributed by atoms with van der Waals surface area (Å²) >= 11 is 0. The Morgan fingerprint density at radius 1 is 1.42 bits per heavy atom. The van der Waals surface area contributed by atoms with Gasteiger partial charge in [-0.25, -0.2) is 0 Å². The van der Waals surface area contributed by atoms with Crippen molar-refractivity contribution in [2.45, 2.75) is 13.8 Å². The van der Waals surface area contributed by atoms with E-state index in [1.54, 1.807) is 24.3 Å². The van der Waals surface area contributed by atoms with Crippen molar-refractivity contribution < 1.29 is 39.0 Å². The third-order valence-corrected chi connectivity index (χ3v) is 0.893. The summed E-state index contributed by atoms with van der Waals surface area (Å²) < 4.78 is 0. The van der Waals surface area contributed by atoms with Crippen molar-refractivity contribution in [1.82, 2.24) is 0 Å². The zero-order valence-corrected chi connectivity index (χ0v) is 11.6. The first-order valence-electron chi connectivity index (χ1n) is 3.52. The molecule has 1 N–H and O–H groups in total. The van der Waals surface area contributed by atoms with Crippen LogP contribution in [-0.2, 0) is 0 Å². The van der Waals surface area contributed by atoms with E-state index in [0.29, 0.717) is 0 Å². The van der Waals surface area contributed by atoms with Gasteiger partial charge in [-0.2, -0.15) is 49.6 Å². The predicted molar refractivity (Wildman–Crippen MR) is 52.8 cm³/mol. The Kier molecular flexibility index (Phi) is 13.9. The minimum Gasteiger partial charge on any atom is -0.451 e. The summed E-state index contributed by atoms with van der Waals surface area (Å²) in [6.07, 6.45) is 2.00. The van der Waals surface area contributed by atoms with Gasteiger partial charge in [0.25, 0.3) is 7.48 Å². The molecule has 0 atom stereocenters. The van der Waals surface area contributed by atoms with Crippen molar-refractivity contribution in [2.75, 3.05) is 0 Å². The van der Waals surface area contributed by atoms with Gasteiger partial charge in [0.05, 0.1) is 0 Å². The molecule has 65 valence electrons. The van der Waals surface area contributed by atoms with E-state index < -0.39 is 0 Å². The fourth-order valence-electron chi connectivity index (χ4n) is 0.486. The summed E-state index contributed by atoms with van der Waals surface area (Å²) in [7, 11) is 1.06. The van der Waals surface area contributed by atoms with Gasteiger partial charge in [-0.1, -0.05) is 0 Å². The maximum absolute atomic E-state index is 8.40. The molecule has 0 aliphatic carbocycles. The molecule has 1 aromatic rings. The molecule has 0 saturated carbocycles. The minimum atomic E-state index is 0. The van der Waals surface area contributed by atoms with Crippen molar-refractivity contribution >= 4 is 12.9 Å². The van der Waals surface area contributed by atoms with Gasteiger partial charge in [0.15, 0.2) is 0 Å². The molecule has 3 heteroatoms. The molecule has 12 heavy (non-hydrogen) atoms. The maximum atomic E-state index is 8.40. The van der Waals surface area contributed by atoms with E-state index in [1.807, 2.05) is 20.3 Å². The van der Waals surface area contributed by atoms with Crippen LogP contribution in [0.25, 0.3) is 0 Å². The van der Waals surface area contributed by atoms with E-state index in [-0.39, 0.29) is 34.0 Å². The summed E-state index contributed by atoms with van der Waals surface area (Å²) in [6, 6.07) is 9.90.